The molecule has 0 radical (unpaired) electrons. The topological polar surface area (TPSA) is 44.8 Å². The van der Waals surface area contributed by atoms with Crippen molar-refractivity contribution in [1.29, 1.82) is 0 Å². The third-order valence-electron chi connectivity index (χ3n) is 3.62. The van der Waals surface area contributed by atoms with Gasteiger partial charge in [-0.2, -0.15) is 0 Å². The molecule has 0 aliphatic heterocycles. The van der Waals surface area contributed by atoms with Crippen LogP contribution in [0.1, 0.15) is 90.9 Å². The van der Waals surface area contributed by atoms with Gasteiger partial charge in [0, 0.05) is 9.47 Å². The fraction of sp³-hybridized carbons (Fsp3) is 1.00. The van der Waals surface area contributed by atoms with Crippen LogP contribution < -0.4 is 0 Å². The van der Waals surface area contributed by atoms with Crippen molar-refractivity contribution in [3.8, 4) is 0 Å². The van der Waals surface area contributed by atoms with Gasteiger partial charge in [0.1, 0.15) is 0 Å². The van der Waals surface area contributed by atoms with Gasteiger partial charge in [-0.05, 0) is 12.8 Å². The van der Waals surface area contributed by atoms with Crippen LogP contribution in [-0.4, -0.2) is 13.2 Å². The van der Waals surface area contributed by atoms with Crippen molar-refractivity contribution in [1.82, 2.24) is 0 Å². The zero-order valence-electron chi connectivity index (χ0n) is 14.6. The van der Waals surface area contributed by atoms with Crippen LogP contribution in [0.2, 0.25) is 0 Å². The highest BCUT2D eigenvalue weighted by Crippen LogP contribution is 2.51. The lowest BCUT2D eigenvalue weighted by atomic mass is 10.1. The maximum Gasteiger partial charge on any atom is 0.477 e. The van der Waals surface area contributed by atoms with Crippen molar-refractivity contribution in [3.63, 3.8) is 0 Å². The minimum atomic E-state index is -3.36. The molecule has 0 spiro atoms. The van der Waals surface area contributed by atoms with E-state index in [1.54, 1.807) is 0 Å². The van der Waals surface area contributed by atoms with Crippen LogP contribution >= 0.6 is 17.3 Å². The molecule has 0 saturated heterocycles. The molecule has 6 heteroatoms. The number of rotatable bonds is 17. The van der Waals surface area contributed by atoms with Crippen molar-refractivity contribution >= 4 is 17.3 Å². The molecule has 0 bridgehead atoms. The number of phosphoric acid groups is 1. The molecule has 0 aromatic heterocycles. The Bertz CT molecular complexity index is 253. The van der Waals surface area contributed by atoms with Crippen LogP contribution in [0, 0.1) is 0 Å². The Morgan fingerprint density at radius 3 is 1.41 bits per heavy atom. The van der Waals surface area contributed by atoms with Gasteiger partial charge in [-0.15, -0.1) is 0 Å². The minimum Gasteiger partial charge on any atom is -0.287 e. The zero-order valence-corrected chi connectivity index (χ0v) is 16.6. The molecule has 0 aliphatic rings. The minimum absolute atomic E-state index is 0.439. The highest BCUT2D eigenvalue weighted by atomic mass is 31.2. The molecule has 0 amide bonds. The third-order valence-corrected chi connectivity index (χ3v) is 5.65. The number of phosphoric ester groups is 1. The molecule has 0 rings (SSSR count). The van der Waals surface area contributed by atoms with E-state index in [-0.39, 0.29) is 0 Å². The standard InChI is InChI=1S/C16H36O4P2/c1-3-5-7-9-11-13-15-18-22(17,20-21)19-16-14-12-10-8-6-4-2/h3-16,21H2,1-2H3. The summed E-state index contributed by atoms with van der Waals surface area (Å²) in [7, 11) is -1.36. The molecule has 0 saturated carbocycles. The van der Waals surface area contributed by atoms with E-state index in [0.717, 1.165) is 25.7 Å². The lowest BCUT2D eigenvalue weighted by molar-refractivity contribution is 0.156. The van der Waals surface area contributed by atoms with Crippen LogP contribution in [0.15, 0.2) is 0 Å². The maximum atomic E-state index is 12.2. The van der Waals surface area contributed by atoms with Gasteiger partial charge in [0.15, 0.2) is 0 Å². The molecule has 0 heterocycles. The Morgan fingerprint density at radius 2 is 1.05 bits per heavy atom. The van der Waals surface area contributed by atoms with E-state index in [4.69, 9.17) is 13.4 Å². The molecular formula is C16H36O4P2. The van der Waals surface area contributed by atoms with Crippen LogP contribution in [0.5, 0.6) is 0 Å². The van der Waals surface area contributed by atoms with Crippen LogP contribution in [0.3, 0.4) is 0 Å². The molecular weight excluding hydrogens is 318 g/mol. The van der Waals surface area contributed by atoms with Crippen molar-refractivity contribution < 1.29 is 17.9 Å². The van der Waals surface area contributed by atoms with Gasteiger partial charge in [-0.1, -0.05) is 78.1 Å². The predicted molar refractivity (Wildman–Crippen MR) is 97.1 cm³/mol. The van der Waals surface area contributed by atoms with E-state index in [9.17, 15) is 4.57 Å². The molecule has 1 unspecified atom stereocenters. The first-order chi connectivity index (χ1) is 10.7. The van der Waals surface area contributed by atoms with Crippen molar-refractivity contribution in [2.75, 3.05) is 13.2 Å². The van der Waals surface area contributed by atoms with E-state index in [2.05, 4.69) is 13.8 Å². The summed E-state index contributed by atoms with van der Waals surface area (Å²) >= 11 is 0. The number of unbranched alkanes of at least 4 members (excludes halogenated alkanes) is 10. The molecule has 22 heavy (non-hydrogen) atoms. The van der Waals surface area contributed by atoms with Gasteiger partial charge in [-0.3, -0.25) is 13.4 Å². The molecule has 0 aromatic carbocycles. The maximum absolute atomic E-state index is 12.2. The largest absolute Gasteiger partial charge is 0.477 e. The van der Waals surface area contributed by atoms with E-state index < -0.39 is 7.82 Å². The molecule has 0 aliphatic carbocycles. The number of hydrogen-bond acceptors (Lipinski definition) is 4. The average Bonchev–Trinajstić information content (AvgIpc) is 2.53. The van der Waals surface area contributed by atoms with E-state index in [1.807, 2.05) is 9.47 Å². The Morgan fingerprint density at radius 1 is 0.682 bits per heavy atom. The molecule has 0 aromatic rings. The van der Waals surface area contributed by atoms with Gasteiger partial charge in [0.05, 0.1) is 13.2 Å². The van der Waals surface area contributed by atoms with Gasteiger partial charge >= 0.3 is 7.82 Å². The second-order valence-corrected chi connectivity index (χ2v) is 8.01. The second-order valence-electron chi connectivity index (χ2n) is 5.75. The van der Waals surface area contributed by atoms with Gasteiger partial charge in [0.25, 0.3) is 0 Å². The zero-order chi connectivity index (χ0) is 16.5. The highest BCUT2D eigenvalue weighted by Gasteiger charge is 2.24. The lowest BCUT2D eigenvalue weighted by Crippen LogP contribution is -1.99. The summed E-state index contributed by atoms with van der Waals surface area (Å²) < 4.78 is 27.7. The van der Waals surface area contributed by atoms with E-state index >= 15 is 0 Å². The summed E-state index contributed by atoms with van der Waals surface area (Å²) in [6.45, 7) is 5.29. The molecule has 0 N–H and O–H groups in total. The van der Waals surface area contributed by atoms with Gasteiger partial charge < -0.3 is 0 Å². The highest BCUT2D eigenvalue weighted by molar-refractivity contribution is 7.53. The molecule has 134 valence electrons. The van der Waals surface area contributed by atoms with E-state index in [1.165, 1.54) is 51.4 Å². The summed E-state index contributed by atoms with van der Waals surface area (Å²) in [5.74, 6) is 0. The van der Waals surface area contributed by atoms with Gasteiger partial charge in [0.2, 0.25) is 0 Å². The van der Waals surface area contributed by atoms with E-state index in [0.29, 0.717) is 13.2 Å². The number of hydrogen-bond donors (Lipinski definition) is 0. The summed E-state index contributed by atoms with van der Waals surface area (Å²) in [4.78, 5) is 0. The van der Waals surface area contributed by atoms with Crippen molar-refractivity contribution in [2.24, 2.45) is 0 Å². The Balaban J connectivity index is 3.57. The van der Waals surface area contributed by atoms with Crippen LogP contribution in [-0.2, 0) is 17.9 Å². The predicted octanol–water partition coefficient (Wildman–Crippen LogP) is 6.66. The first kappa shape index (κ1) is 22.5. The van der Waals surface area contributed by atoms with Crippen molar-refractivity contribution in [3.05, 3.63) is 0 Å². The smallest absolute Gasteiger partial charge is 0.287 e. The quantitative estimate of drug-likeness (QED) is 0.216. The Hall–Kier alpha value is 0.540. The fourth-order valence-corrected chi connectivity index (χ4v) is 3.48. The Kier molecular flexibility index (Phi) is 16.8. The summed E-state index contributed by atoms with van der Waals surface area (Å²) in [5, 5.41) is 0. The van der Waals surface area contributed by atoms with Crippen LogP contribution in [0.4, 0.5) is 0 Å². The molecule has 0 fully saturated rings. The summed E-state index contributed by atoms with van der Waals surface area (Å²) in [5.41, 5.74) is 0. The fourth-order valence-electron chi connectivity index (χ4n) is 2.22. The normalized spacial score (nSPS) is 12.0. The Labute approximate surface area is 140 Å². The third kappa shape index (κ3) is 14.2. The monoisotopic (exact) mass is 354 g/mol. The summed E-state index contributed by atoms with van der Waals surface area (Å²) in [6.07, 6.45) is 14.0. The second kappa shape index (κ2) is 16.4. The lowest BCUT2D eigenvalue weighted by Gasteiger charge is -2.15. The SMILES string of the molecule is CCCCCCCCOP(=O)(OP)OCCCCCCCC. The van der Waals surface area contributed by atoms with Gasteiger partial charge in [-0.25, -0.2) is 4.57 Å². The molecule has 1 atom stereocenters. The first-order valence-corrected chi connectivity index (χ1v) is 10.9. The van der Waals surface area contributed by atoms with Crippen molar-refractivity contribution in [2.45, 2.75) is 90.9 Å². The summed E-state index contributed by atoms with van der Waals surface area (Å²) in [6, 6.07) is 0. The average molecular weight is 354 g/mol. The molecule has 4 nitrogen and oxygen atoms in total. The van der Waals surface area contributed by atoms with Crippen LogP contribution in [0.25, 0.3) is 0 Å². The first-order valence-electron chi connectivity index (χ1n) is 8.96.